The van der Waals surface area contributed by atoms with Crippen LogP contribution in [0.25, 0.3) is 0 Å². The summed E-state index contributed by atoms with van der Waals surface area (Å²) in [5.74, 6) is 3.09. The van der Waals surface area contributed by atoms with Crippen molar-refractivity contribution in [2.45, 2.75) is 45.6 Å². The molecule has 0 bridgehead atoms. The Morgan fingerprint density at radius 2 is 1.80 bits per heavy atom. The van der Waals surface area contributed by atoms with Crippen LogP contribution in [0, 0.1) is 11.8 Å². The first-order valence-electron chi connectivity index (χ1n) is 7.86. The monoisotopic (exact) mass is 277 g/mol. The standard InChI is InChI=1S/C17H27NO2/c1-3-13-5-6-14(12-18)17(11-13)20-16-9-7-15(8-10-16)19-4-2/h7-10,13-14,17H,3-6,11-12,18H2,1-2H3. The number of hydrogen-bond acceptors (Lipinski definition) is 3. The number of benzene rings is 1. The molecule has 2 rings (SSSR count). The van der Waals surface area contributed by atoms with E-state index in [4.69, 9.17) is 15.2 Å². The van der Waals surface area contributed by atoms with Crippen molar-refractivity contribution in [3.8, 4) is 11.5 Å². The van der Waals surface area contributed by atoms with Crippen LogP contribution in [0.15, 0.2) is 24.3 Å². The van der Waals surface area contributed by atoms with Crippen LogP contribution in [0.4, 0.5) is 0 Å². The topological polar surface area (TPSA) is 44.5 Å². The Bertz CT molecular complexity index is 390. The fourth-order valence-electron chi connectivity index (χ4n) is 3.02. The van der Waals surface area contributed by atoms with Crippen molar-refractivity contribution in [1.29, 1.82) is 0 Å². The Hall–Kier alpha value is -1.22. The first-order valence-corrected chi connectivity index (χ1v) is 7.86. The predicted octanol–water partition coefficient (Wildman–Crippen LogP) is 3.62. The van der Waals surface area contributed by atoms with E-state index < -0.39 is 0 Å². The zero-order valence-electron chi connectivity index (χ0n) is 12.7. The molecule has 0 saturated heterocycles. The van der Waals surface area contributed by atoms with Gasteiger partial charge in [0.05, 0.1) is 6.61 Å². The summed E-state index contributed by atoms with van der Waals surface area (Å²) >= 11 is 0. The fraction of sp³-hybridized carbons (Fsp3) is 0.647. The van der Waals surface area contributed by atoms with E-state index in [9.17, 15) is 0 Å². The van der Waals surface area contributed by atoms with Crippen LogP contribution in [0.1, 0.15) is 39.5 Å². The first-order chi connectivity index (χ1) is 9.76. The molecule has 0 radical (unpaired) electrons. The molecule has 1 saturated carbocycles. The van der Waals surface area contributed by atoms with Gasteiger partial charge in [-0.3, -0.25) is 0 Å². The Labute approximate surface area is 122 Å². The molecule has 0 amide bonds. The molecule has 2 N–H and O–H groups in total. The second kappa shape index (κ2) is 7.53. The molecule has 112 valence electrons. The third-order valence-electron chi connectivity index (χ3n) is 4.34. The average molecular weight is 277 g/mol. The highest BCUT2D eigenvalue weighted by atomic mass is 16.5. The van der Waals surface area contributed by atoms with Crippen molar-refractivity contribution < 1.29 is 9.47 Å². The van der Waals surface area contributed by atoms with Gasteiger partial charge >= 0.3 is 0 Å². The third kappa shape index (κ3) is 3.89. The summed E-state index contributed by atoms with van der Waals surface area (Å²) in [6, 6.07) is 7.93. The zero-order valence-corrected chi connectivity index (χ0v) is 12.7. The van der Waals surface area contributed by atoms with E-state index in [0.29, 0.717) is 12.5 Å². The second-order valence-corrected chi connectivity index (χ2v) is 5.64. The molecule has 20 heavy (non-hydrogen) atoms. The quantitative estimate of drug-likeness (QED) is 0.863. The smallest absolute Gasteiger partial charge is 0.120 e. The zero-order chi connectivity index (χ0) is 14.4. The normalized spacial score (nSPS) is 26.2. The van der Waals surface area contributed by atoms with Gasteiger partial charge in [-0.05, 0) is 62.9 Å². The minimum absolute atomic E-state index is 0.261. The minimum atomic E-state index is 0.261. The highest BCUT2D eigenvalue weighted by Gasteiger charge is 2.30. The van der Waals surface area contributed by atoms with Crippen LogP contribution in [-0.4, -0.2) is 19.3 Å². The molecular formula is C17H27NO2. The largest absolute Gasteiger partial charge is 0.494 e. The van der Waals surface area contributed by atoms with E-state index in [1.54, 1.807) is 0 Å². The van der Waals surface area contributed by atoms with Crippen molar-refractivity contribution in [2.75, 3.05) is 13.2 Å². The summed E-state index contributed by atoms with van der Waals surface area (Å²) in [5, 5.41) is 0. The number of nitrogens with two attached hydrogens (primary N) is 1. The summed E-state index contributed by atoms with van der Waals surface area (Å²) in [6.07, 6.45) is 5.11. The summed E-state index contributed by atoms with van der Waals surface area (Å²) < 4.78 is 11.6. The summed E-state index contributed by atoms with van der Waals surface area (Å²) in [7, 11) is 0. The van der Waals surface area contributed by atoms with Gasteiger partial charge in [0.1, 0.15) is 17.6 Å². The van der Waals surface area contributed by atoms with E-state index in [1.165, 1.54) is 19.3 Å². The van der Waals surface area contributed by atoms with Crippen LogP contribution in [0.2, 0.25) is 0 Å². The molecule has 0 aromatic heterocycles. The molecule has 0 aliphatic heterocycles. The minimum Gasteiger partial charge on any atom is -0.494 e. The van der Waals surface area contributed by atoms with E-state index in [0.717, 1.165) is 30.4 Å². The SMILES string of the molecule is CCOc1ccc(OC2CC(CC)CCC2CN)cc1. The highest BCUT2D eigenvalue weighted by molar-refractivity contribution is 5.31. The van der Waals surface area contributed by atoms with Gasteiger partial charge in [-0.25, -0.2) is 0 Å². The van der Waals surface area contributed by atoms with E-state index in [1.807, 2.05) is 31.2 Å². The van der Waals surface area contributed by atoms with Gasteiger partial charge in [0.2, 0.25) is 0 Å². The van der Waals surface area contributed by atoms with Gasteiger partial charge in [-0.1, -0.05) is 13.3 Å². The molecule has 3 atom stereocenters. The molecule has 0 heterocycles. The first kappa shape index (κ1) is 15.2. The molecule has 1 fully saturated rings. The van der Waals surface area contributed by atoms with E-state index in [-0.39, 0.29) is 6.10 Å². The predicted molar refractivity (Wildman–Crippen MR) is 82.2 cm³/mol. The van der Waals surface area contributed by atoms with Gasteiger partial charge in [-0.15, -0.1) is 0 Å². The van der Waals surface area contributed by atoms with E-state index in [2.05, 4.69) is 6.92 Å². The maximum Gasteiger partial charge on any atom is 0.120 e. The van der Waals surface area contributed by atoms with Gasteiger partial charge in [0.15, 0.2) is 0 Å². The van der Waals surface area contributed by atoms with Crippen LogP contribution >= 0.6 is 0 Å². The Morgan fingerprint density at radius 3 is 2.40 bits per heavy atom. The fourth-order valence-corrected chi connectivity index (χ4v) is 3.02. The molecule has 0 spiro atoms. The van der Waals surface area contributed by atoms with Gasteiger partial charge in [-0.2, -0.15) is 0 Å². The highest BCUT2D eigenvalue weighted by Crippen LogP contribution is 2.33. The third-order valence-corrected chi connectivity index (χ3v) is 4.34. The molecule has 3 unspecified atom stereocenters. The van der Waals surface area contributed by atoms with E-state index >= 15 is 0 Å². The van der Waals surface area contributed by atoms with Gasteiger partial charge in [0.25, 0.3) is 0 Å². The van der Waals surface area contributed by atoms with Gasteiger partial charge < -0.3 is 15.2 Å². The molecule has 1 aromatic carbocycles. The Morgan fingerprint density at radius 1 is 1.10 bits per heavy atom. The van der Waals surface area contributed by atoms with Gasteiger partial charge in [0, 0.05) is 5.92 Å². The lowest BCUT2D eigenvalue weighted by molar-refractivity contribution is 0.0684. The average Bonchev–Trinajstić information content (AvgIpc) is 2.49. The lowest BCUT2D eigenvalue weighted by Crippen LogP contribution is -2.38. The van der Waals surface area contributed by atoms with Crippen molar-refractivity contribution in [3.63, 3.8) is 0 Å². The maximum atomic E-state index is 6.19. The Kier molecular flexibility index (Phi) is 5.72. The number of rotatable bonds is 6. The maximum absolute atomic E-state index is 6.19. The second-order valence-electron chi connectivity index (χ2n) is 5.64. The van der Waals surface area contributed by atoms with Crippen LogP contribution < -0.4 is 15.2 Å². The molecule has 3 nitrogen and oxygen atoms in total. The number of hydrogen-bond donors (Lipinski definition) is 1. The van der Waals surface area contributed by atoms with Crippen LogP contribution in [0.5, 0.6) is 11.5 Å². The van der Waals surface area contributed by atoms with Crippen molar-refractivity contribution in [3.05, 3.63) is 24.3 Å². The van der Waals surface area contributed by atoms with Crippen molar-refractivity contribution in [1.82, 2.24) is 0 Å². The summed E-state index contributed by atoms with van der Waals surface area (Å²) in [6.45, 7) is 5.67. The van der Waals surface area contributed by atoms with Crippen LogP contribution in [-0.2, 0) is 0 Å². The summed E-state index contributed by atoms with van der Waals surface area (Å²) in [4.78, 5) is 0. The van der Waals surface area contributed by atoms with Crippen LogP contribution in [0.3, 0.4) is 0 Å². The molecular weight excluding hydrogens is 250 g/mol. The molecule has 1 aliphatic rings. The molecule has 1 aliphatic carbocycles. The molecule has 1 aromatic rings. The number of ether oxygens (including phenoxy) is 2. The lowest BCUT2D eigenvalue weighted by Gasteiger charge is -2.35. The molecule has 3 heteroatoms. The van der Waals surface area contributed by atoms with Crippen molar-refractivity contribution in [2.24, 2.45) is 17.6 Å². The Balaban J connectivity index is 1.98. The lowest BCUT2D eigenvalue weighted by atomic mass is 9.78. The summed E-state index contributed by atoms with van der Waals surface area (Å²) in [5.41, 5.74) is 5.90. The van der Waals surface area contributed by atoms with Crippen molar-refractivity contribution >= 4 is 0 Å².